The van der Waals surface area contributed by atoms with E-state index < -0.39 is 0 Å². The van der Waals surface area contributed by atoms with Crippen molar-refractivity contribution in [1.29, 1.82) is 0 Å². The van der Waals surface area contributed by atoms with E-state index in [0.29, 0.717) is 0 Å². The second-order valence-corrected chi connectivity index (χ2v) is 5.27. The monoisotopic (exact) mass is 296 g/mol. The molecule has 0 amide bonds. The van der Waals surface area contributed by atoms with Gasteiger partial charge in [0.05, 0.1) is 5.00 Å². The molecule has 0 saturated carbocycles. The second-order valence-electron chi connectivity index (χ2n) is 3.46. The summed E-state index contributed by atoms with van der Waals surface area (Å²) in [6, 6.07) is 10.5. The van der Waals surface area contributed by atoms with Crippen LogP contribution in [-0.2, 0) is 0 Å². The molecule has 0 atom stereocenters. The highest BCUT2D eigenvalue weighted by atomic mass is 79.9. The molecule has 4 heteroatoms. The summed E-state index contributed by atoms with van der Waals surface area (Å²) in [5.74, 6) is 0. The van der Waals surface area contributed by atoms with E-state index in [1.165, 1.54) is 10.7 Å². The van der Waals surface area contributed by atoms with Gasteiger partial charge in [0.25, 0.3) is 0 Å². The molecule has 2 nitrogen and oxygen atoms in total. The minimum atomic E-state index is 1.12. The minimum Gasteiger partial charge on any atom is -0.388 e. The summed E-state index contributed by atoms with van der Waals surface area (Å²) in [6.07, 6.45) is 0. The lowest BCUT2D eigenvalue weighted by molar-refractivity contribution is 1.24. The zero-order valence-electron chi connectivity index (χ0n) is 9.20. The van der Waals surface area contributed by atoms with Crippen molar-refractivity contribution in [2.75, 3.05) is 24.3 Å². The van der Waals surface area contributed by atoms with E-state index in [1.807, 2.05) is 7.05 Å². The molecule has 0 saturated heterocycles. The highest BCUT2D eigenvalue weighted by Crippen LogP contribution is 2.32. The van der Waals surface area contributed by atoms with Gasteiger partial charge in [-0.05, 0) is 40.2 Å². The smallest absolute Gasteiger partial charge is 0.0962 e. The van der Waals surface area contributed by atoms with Gasteiger partial charge in [-0.15, -0.1) is 11.3 Å². The molecular formula is C12H13BrN2S. The summed E-state index contributed by atoms with van der Waals surface area (Å²) < 4.78 is 1.13. The molecule has 0 fully saturated rings. The lowest BCUT2D eigenvalue weighted by Gasteiger charge is -2.17. The Morgan fingerprint density at radius 1 is 1.31 bits per heavy atom. The Hall–Kier alpha value is -1.000. The van der Waals surface area contributed by atoms with Crippen LogP contribution in [0.3, 0.4) is 0 Å². The van der Waals surface area contributed by atoms with Gasteiger partial charge >= 0.3 is 0 Å². The van der Waals surface area contributed by atoms with Crippen LogP contribution in [0.25, 0.3) is 0 Å². The summed E-state index contributed by atoms with van der Waals surface area (Å²) in [5, 5.41) is 6.46. The number of hydrogen-bond donors (Lipinski definition) is 1. The fourth-order valence-corrected chi connectivity index (χ4v) is 2.88. The molecule has 0 spiro atoms. The Morgan fingerprint density at radius 2 is 2.12 bits per heavy atom. The summed E-state index contributed by atoms with van der Waals surface area (Å²) in [7, 11) is 4.01. The predicted octanol–water partition coefficient (Wildman–Crippen LogP) is 4.32. The molecule has 0 bridgehead atoms. The summed E-state index contributed by atoms with van der Waals surface area (Å²) in [6.45, 7) is 0. The summed E-state index contributed by atoms with van der Waals surface area (Å²) >= 11 is 5.20. The van der Waals surface area contributed by atoms with Gasteiger partial charge < -0.3 is 10.2 Å². The van der Waals surface area contributed by atoms with Crippen LogP contribution < -0.4 is 10.2 Å². The number of halogens is 1. The number of hydrogen-bond acceptors (Lipinski definition) is 3. The normalized spacial score (nSPS) is 10.2. The molecule has 0 aliphatic carbocycles. The van der Waals surface area contributed by atoms with E-state index in [9.17, 15) is 0 Å². The molecule has 1 aromatic heterocycles. The van der Waals surface area contributed by atoms with Crippen LogP contribution in [0, 0.1) is 0 Å². The molecule has 1 N–H and O–H groups in total. The average Bonchev–Trinajstić information content (AvgIpc) is 2.75. The van der Waals surface area contributed by atoms with Crippen LogP contribution in [0.4, 0.5) is 16.4 Å². The fourth-order valence-electron chi connectivity index (χ4n) is 1.48. The van der Waals surface area contributed by atoms with Crippen molar-refractivity contribution < 1.29 is 0 Å². The maximum Gasteiger partial charge on any atom is 0.0962 e. The Labute approximate surface area is 108 Å². The van der Waals surface area contributed by atoms with Gasteiger partial charge in [0.1, 0.15) is 0 Å². The molecule has 0 aliphatic heterocycles. The number of nitrogens with zero attached hydrogens (tertiary/aromatic N) is 1. The third-order valence-corrected chi connectivity index (χ3v) is 4.17. The molecule has 2 aromatic rings. The van der Waals surface area contributed by atoms with Crippen molar-refractivity contribution >= 4 is 43.6 Å². The molecule has 2 rings (SSSR count). The Morgan fingerprint density at radius 3 is 2.75 bits per heavy atom. The van der Waals surface area contributed by atoms with Crippen LogP contribution in [0.15, 0.2) is 40.2 Å². The van der Waals surface area contributed by atoms with E-state index >= 15 is 0 Å². The van der Waals surface area contributed by atoms with E-state index in [2.05, 4.69) is 68.9 Å². The summed E-state index contributed by atoms with van der Waals surface area (Å²) in [5.41, 5.74) is 2.31. The third kappa shape index (κ3) is 2.39. The first-order valence-electron chi connectivity index (χ1n) is 4.96. The maximum atomic E-state index is 3.47. The van der Waals surface area contributed by atoms with Crippen molar-refractivity contribution in [3.8, 4) is 0 Å². The van der Waals surface area contributed by atoms with Gasteiger partial charge in [0, 0.05) is 35.3 Å². The van der Waals surface area contributed by atoms with Gasteiger partial charge in [-0.1, -0.05) is 6.07 Å². The van der Waals surface area contributed by atoms with Gasteiger partial charge in [-0.25, -0.2) is 0 Å². The van der Waals surface area contributed by atoms with Crippen molar-refractivity contribution in [3.63, 3.8) is 0 Å². The largest absolute Gasteiger partial charge is 0.388 e. The zero-order valence-corrected chi connectivity index (χ0v) is 11.6. The average molecular weight is 297 g/mol. The second kappa shape index (κ2) is 4.89. The highest BCUT2D eigenvalue weighted by Gasteiger charge is 2.06. The van der Waals surface area contributed by atoms with Gasteiger partial charge in [-0.3, -0.25) is 0 Å². The fraction of sp³-hybridized carbons (Fsp3) is 0.167. The number of benzene rings is 1. The lowest BCUT2D eigenvalue weighted by Crippen LogP contribution is -2.07. The van der Waals surface area contributed by atoms with Gasteiger partial charge in [0.2, 0.25) is 0 Å². The predicted molar refractivity (Wildman–Crippen MR) is 76.1 cm³/mol. The molecule has 0 unspecified atom stereocenters. The SMILES string of the molecule is CNc1cccc(N(C)c2cc(Br)cs2)c1. The van der Waals surface area contributed by atoms with Crippen LogP contribution >= 0.6 is 27.3 Å². The van der Waals surface area contributed by atoms with Crippen LogP contribution in [0.1, 0.15) is 0 Å². The topological polar surface area (TPSA) is 15.3 Å². The van der Waals surface area contributed by atoms with Crippen molar-refractivity contribution in [2.45, 2.75) is 0 Å². The minimum absolute atomic E-state index is 1.12. The first-order valence-corrected chi connectivity index (χ1v) is 6.63. The van der Waals surface area contributed by atoms with E-state index in [0.717, 1.165) is 10.2 Å². The summed E-state index contributed by atoms with van der Waals surface area (Å²) in [4.78, 5) is 2.18. The molecule has 84 valence electrons. The zero-order chi connectivity index (χ0) is 11.5. The first-order chi connectivity index (χ1) is 7.70. The number of thiophene rings is 1. The van der Waals surface area contributed by atoms with Crippen LogP contribution in [0.2, 0.25) is 0 Å². The number of anilines is 3. The van der Waals surface area contributed by atoms with E-state index in [4.69, 9.17) is 0 Å². The molecule has 16 heavy (non-hydrogen) atoms. The van der Waals surface area contributed by atoms with Crippen molar-refractivity contribution in [1.82, 2.24) is 0 Å². The van der Waals surface area contributed by atoms with Crippen molar-refractivity contribution in [2.24, 2.45) is 0 Å². The first kappa shape index (κ1) is 11.5. The lowest BCUT2D eigenvalue weighted by atomic mass is 10.2. The molecular weight excluding hydrogens is 284 g/mol. The van der Waals surface area contributed by atoms with E-state index in [-0.39, 0.29) is 0 Å². The Bertz CT molecular complexity index is 481. The number of nitrogens with one attached hydrogen (secondary N) is 1. The van der Waals surface area contributed by atoms with Crippen LogP contribution in [0.5, 0.6) is 0 Å². The Kier molecular flexibility index (Phi) is 3.51. The number of rotatable bonds is 3. The maximum absolute atomic E-state index is 3.47. The van der Waals surface area contributed by atoms with E-state index in [1.54, 1.807) is 11.3 Å². The van der Waals surface area contributed by atoms with Crippen LogP contribution in [-0.4, -0.2) is 14.1 Å². The standard InChI is InChI=1S/C12H13BrN2S/c1-14-10-4-3-5-11(7-10)15(2)12-6-9(13)8-16-12/h3-8,14H,1-2H3. The Balaban J connectivity index is 2.29. The molecule has 0 radical (unpaired) electrons. The molecule has 0 aliphatic rings. The molecule has 1 heterocycles. The van der Waals surface area contributed by atoms with Crippen molar-refractivity contribution in [3.05, 3.63) is 40.2 Å². The third-order valence-electron chi connectivity index (χ3n) is 2.41. The highest BCUT2D eigenvalue weighted by molar-refractivity contribution is 9.10. The van der Waals surface area contributed by atoms with Gasteiger partial charge in [-0.2, -0.15) is 0 Å². The quantitative estimate of drug-likeness (QED) is 0.907. The molecule has 1 aromatic carbocycles. The van der Waals surface area contributed by atoms with Gasteiger partial charge in [0.15, 0.2) is 0 Å².